The van der Waals surface area contributed by atoms with Crippen LogP contribution >= 0.6 is 11.3 Å². The van der Waals surface area contributed by atoms with Crippen molar-refractivity contribution in [1.82, 2.24) is 4.98 Å². The van der Waals surface area contributed by atoms with Gasteiger partial charge in [0.25, 0.3) is 0 Å². The zero-order valence-electron chi connectivity index (χ0n) is 11.0. The Hall–Kier alpha value is -1.68. The first-order valence-electron chi connectivity index (χ1n) is 6.45. The van der Waals surface area contributed by atoms with E-state index in [0.717, 1.165) is 22.1 Å². The molecule has 1 aliphatic carbocycles. The van der Waals surface area contributed by atoms with E-state index in [4.69, 9.17) is 0 Å². The summed E-state index contributed by atoms with van der Waals surface area (Å²) in [5.41, 5.74) is 2.25. The summed E-state index contributed by atoms with van der Waals surface area (Å²) in [6.45, 7) is 3.98. The zero-order chi connectivity index (χ0) is 13.4. The first-order chi connectivity index (χ1) is 9.15. The smallest absolute Gasteiger partial charge is 0.229 e. The molecule has 2 atom stereocenters. The van der Waals surface area contributed by atoms with Gasteiger partial charge in [-0.05, 0) is 31.7 Å². The van der Waals surface area contributed by atoms with Gasteiger partial charge >= 0.3 is 0 Å². The fraction of sp³-hybridized carbons (Fsp3) is 0.333. The highest BCUT2D eigenvalue weighted by atomic mass is 32.1. The van der Waals surface area contributed by atoms with Gasteiger partial charge < -0.3 is 5.32 Å². The standard InChI is InChI=1S/C15H16N2OS/c1-9-10(2)19-15(16-9)17-14(18)13-8-12(13)11-6-4-3-5-7-11/h3-7,12-13H,8H2,1-2H3,(H,16,17,18)/t12-,13+/m0/s1. The van der Waals surface area contributed by atoms with E-state index in [0.29, 0.717) is 5.92 Å². The van der Waals surface area contributed by atoms with Gasteiger partial charge in [0.05, 0.1) is 5.69 Å². The minimum Gasteiger partial charge on any atom is -0.302 e. The SMILES string of the molecule is Cc1nc(NC(=O)[C@@H]2C[C@H]2c2ccccc2)sc1C. The number of hydrogen-bond donors (Lipinski definition) is 1. The minimum atomic E-state index is 0.0996. The fourth-order valence-electron chi connectivity index (χ4n) is 2.28. The van der Waals surface area contributed by atoms with E-state index in [-0.39, 0.29) is 11.8 Å². The van der Waals surface area contributed by atoms with Crippen molar-refractivity contribution in [2.24, 2.45) is 5.92 Å². The second-order valence-corrected chi connectivity index (χ2v) is 6.21. The molecule has 1 saturated carbocycles. The third-order valence-electron chi connectivity index (χ3n) is 3.61. The molecule has 1 heterocycles. The number of carbonyl (C=O) groups excluding carboxylic acids is 1. The molecule has 0 unspecified atom stereocenters. The maximum atomic E-state index is 12.1. The lowest BCUT2D eigenvalue weighted by atomic mass is 10.1. The highest BCUT2D eigenvalue weighted by molar-refractivity contribution is 7.15. The summed E-state index contributed by atoms with van der Waals surface area (Å²) in [5, 5.41) is 3.65. The van der Waals surface area contributed by atoms with Crippen molar-refractivity contribution in [3.05, 3.63) is 46.5 Å². The molecular formula is C15H16N2OS. The molecule has 98 valence electrons. The largest absolute Gasteiger partial charge is 0.302 e. The first kappa shape index (κ1) is 12.4. The predicted octanol–water partition coefficient (Wildman–Crippen LogP) is 3.50. The normalized spacial score (nSPS) is 21.2. The highest BCUT2D eigenvalue weighted by Crippen LogP contribution is 2.47. The summed E-state index contributed by atoms with van der Waals surface area (Å²) in [6.07, 6.45) is 0.944. The molecule has 19 heavy (non-hydrogen) atoms. The monoisotopic (exact) mass is 272 g/mol. The van der Waals surface area contributed by atoms with Crippen LogP contribution in [0.4, 0.5) is 5.13 Å². The van der Waals surface area contributed by atoms with Crippen molar-refractivity contribution in [3.8, 4) is 0 Å². The fourth-order valence-corrected chi connectivity index (χ4v) is 3.10. The molecular weight excluding hydrogens is 256 g/mol. The maximum Gasteiger partial charge on any atom is 0.229 e. The van der Waals surface area contributed by atoms with Crippen LogP contribution in [0.25, 0.3) is 0 Å². The number of rotatable bonds is 3. The third-order valence-corrected chi connectivity index (χ3v) is 4.60. The van der Waals surface area contributed by atoms with Crippen molar-refractivity contribution in [1.29, 1.82) is 0 Å². The molecule has 2 aromatic rings. The predicted molar refractivity (Wildman–Crippen MR) is 77.5 cm³/mol. The summed E-state index contributed by atoms with van der Waals surface area (Å²) >= 11 is 1.54. The number of hydrogen-bond acceptors (Lipinski definition) is 3. The molecule has 4 heteroatoms. The van der Waals surface area contributed by atoms with Gasteiger partial charge in [0, 0.05) is 10.8 Å². The van der Waals surface area contributed by atoms with E-state index in [1.165, 1.54) is 5.56 Å². The Morgan fingerprint density at radius 1 is 1.32 bits per heavy atom. The molecule has 1 amide bonds. The Balaban J connectivity index is 1.64. The molecule has 3 rings (SSSR count). The van der Waals surface area contributed by atoms with Gasteiger partial charge in [-0.15, -0.1) is 11.3 Å². The Kier molecular flexibility index (Phi) is 3.11. The number of carbonyl (C=O) groups is 1. The van der Waals surface area contributed by atoms with Gasteiger partial charge in [0.1, 0.15) is 0 Å². The Labute approximate surface area is 116 Å². The molecule has 3 nitrogen and oxygen atoms in total. The van der Waals surface area contributed by atoms with Crippen LogP contribution in [0, 0.1) is 19.8 Å². The summed E-state index contributed by atoms with van der Waals surface area (Å²) in [6, 6.07) is 10.2. The summed E-state index contributed by atoms with van der Waals surface area (Å²) in [5.74, 6) is 0.581. The second-order valence-electron chi connectivity index (χ2n) is 5.01. The number of aryl methyl sites for hydroxylation is 2. The van der Waals surface area contributed by atoms with Crippen LogP contribution in [0.3, 0.4) is 0 Å². The van der Waals surface area contributed by atoms with Crippen LogP contribution in [-0.4, -0.2) is 10.9 Å². The Morgan fingerprint density at radius 2 is 2.05 bits per heavy atom. The van der Waals surface area contributed by atoms with Crippen LogP contribution < -0.4 is 5.32 Å². The molecule has 1 aromatic heterocycles. The van der Waals surface area contributed by atoms with E-state index in [9.17, 15) is 4.79 Å². The van der Waals surface area contributed by atoms with Crippen molar-refractivity contribution < 1.29 is 4.79 Å². The number of nitrogens with one attached hydrogen (secondary N) is 1. The number of thiazole rings is 1. The van der Waals surface area contributed by atoms with Gasteiger partial charge in [-0.1, -0.05) is 30.3 Å². The van der Waals surface area contributed by atoms with E-state index >= 15 is 0 Å². The Bertz CT molecular complexity index is 586. The Morgan fingerprint density at radius 3 is 2.68 bits per heavy atom. The molecule has 0 spiro atoms. The average molecular weight is 272 g/mol. The van der Waals surface area contributed by atoms with E-state index in [1.54, 1.807) is 11.3 Å². The van der Waals surface area contributed by atoms with Crippen molar-refractivity contribution >= 4 is 22.4 Å². The number of amides is 1. The van der Waals surface area contributed by atoms with Gasteiger partial charge in [0.2, 0.25) is 5.91 Å². The minimum absolute atomic E-state index is 0.0996. The van der Waals surface area contributed by atoms with Crippen molar-refractivity contribution in [3.63, 3.8) is 0 Å². The molecule has 1 fully saturated rings. The highest BCUT2D eigenvalue weighted by Gasteiger charge is 2.44. The van der Waals surface area contributed by atoms with Crippen LogP contribution in [-0.2, 0) is 4.79 Å². The number of aromatic nitrogens is 1. The second kappa shape index (κ2) is 4.78. The number of anilines is 1. The number of nitrogens with zero attached hydrogens (tertiary/aromatic N) is 1. The van der Waals surface area contributed by atoms with Crippen LogP contribution in [0.2, 0.25) is 0 Å². The van der Waals surface area contributed by atoms with Crippen LogP contribution in [0.1, 0.15) is 28.5 Å². The van der Waals surface area contributed by atoms with Crippen LogP contribution in [0.5, 0.6) is 0 Å². The maximum absolute atomic E-state index is 12.1. The molecule has 0 aliphatic heterocycles. The van der Waals surface area contributed by atoms with Gasteiger partial charge in [-0.2, -0.15) is 0 Å². The first-order valence-corrected chi connectivity index (χ1v) is 7.26. The van der Waals surface area contributed by atoms with Gasteiger partial charge in [-0.25, -0.2) is 4.98 Å². The lowest BCUT2D eigenvalue weighted by Crippen LogP contribution is -2.14. The lowest BCUT2D eigenvalue weighted by molar-refractivity contribution is -0.117. The van der Waals surface area contributed by atoms with E-state index < -0.39 is 0 Å². The topological polar surface area (TPSA) is 42.0 Å². The van der Waals surface area contributed by atoms with Crippen molar-refractivity contribution in [2.45, 2.75) is 26.2 Å². The summed E-state index contributed by atoms with van der Waals surface area (Å²) < 4.78 is 0. The quantitative estimate of drug-likeness (QED) is 0.929. The molecule has 1 aromatic carbocycles. The molecule has 1 N–H and O–H groups in total. The summed E-state index contributed by atoms with van der Waals surface area (Å²) in [4.78, 5) is 17.6. The van der Waals surface area contributed by atoms with E-state index in [2.05, 4.69) is 22.4 Å². The average Bonchev–Trinajstić information content (AvgIpc) is 3.14. The summed E-state index contributed by atoms with van der Waals surface area (Å²) in [7, 11) is 0. The molecule has 0 bridgehead atoms. The third kappa shape index (κ3) is 2.54. The zero-order valence-corrected chi connectivity index (χ0v) is 11.8. The van der Waals surface area contributed by atoms with Crippen LogP contribution in [0.15, 0.2) is 30.3 Å². The van der Waals surface area contributed by atoms with Gasteiger partial charge in [0.15, 0.2) is 5.13 Å². The lowest BCUT2D eigenvalue weighted by Gasteiger charge is -2.01. The van der Waals surface area contributed by atoms with Gasteiger partial charge in [-0.3, -0.25) is 4.79 Å². The van der Waals surface area contributed by atoms with Crippen molar-refractivity contribution in [2.75, 3.05) is 5.32 Å². The molecule has 0 radical (unpaired) electrons. The van der Waals surface area contributed by atoms with E-state index in [1.807, 2.05) is 32.0 Å². The molecule has 1 aliphatic rings. The number of benzene rings is 1. The molecule has 0 saturated heterocycles.